The molecule has 1 aliphatic rings. The van der Waals surface area contributed by atoms with Crippen molar-refractivity contribution in [2.24, 2.45) is 0 Å². The molecule has 1 fully saturated rings. The van der Waals surface area contributed by atoms with Crippen molar-refractivity contribution in [2.75, 3.05) is 0 Å². The lowest BCUT2D eigenvalue weighted by Crippen LogP contribution is -2.43. The second kappa shape index (κ2) is 8.03. The maximum absolute atomic E-state index is 12.8. The van der Waals surface area contributed by atoms with E-state index in [-0.39, 0.29) is 17.0 Å². The van der Waals surface area contributed by atoms with Gasteiger partial charge >= 0.3 is 0 Å². The second-order valence-electron chi connectivity index (χ2n) is 6.98. The first kappa shape index (κ1) is 19.1. The second-order valence-corrected chi connectivity index (χ2v) is 9.13. The van der Waals surface area contributed by atoms with Gasteiger partial charge in [-0.1, -0.05) is 60.0 Å². The van der Waals surface area contributed by atoms with Crippen molar-refractivity contribution in [1.29, 1.82) is 0 Å². The molecule has 1 N–H and O–H groups in total. The van der Waals surface area contributed by atoms with Gasteiger partial charge in [-0.25, -0.2) is 17.8 Å². The van der Waals surface area contributed by atoms with Crippen LogP contribution in [0.3, 0.4) is 0 Å². The standard InChI is InChI=1S/C20H21ClN4O2S/c21-16-10-12-17(13-11-16)28(26,27)23-18-8-4-5-9-20(18)25-14-19(22-24-25)15-6-2-1-3-7-15/h1-3,6-7,10-14,18,20,23H,4-5,8-9H2/t18-,20+/m0/s1. The Morgan fingerprint density at radius 3 is 2.46 bits per heavy atom. The summed E-state index contributed by atoms with van der Waals surface area (Å²) in [7, 11) is -3.63. The number of sulfonamides is 1. The predicted octanol–water partition coefficient (Wildman–Crippen LogP) is 4.06. The Bertz CT molecular complexity index is 1040. The summed E-state index contributed by atoms with van der Waals surface area (Å²) < 4.78 is 30.3. The quantitative estimate of drug-likeness (QED) is 0.680. The van der Waals surface area contributed by atoms with E-state index in [4.69, 9.17) is 11.6 Å². The van der Waals surface area contributed by atoms with Crippen LogP contribution in [-0.4, -0.2) is 29.5 Å². The fraction of sp³-hybridized carbons (Fsp3) is 0.300. The summed E-state index contributed by atoms with van der Waals surface area (Å²) >= 11 is 5.88. The van der Waals surface area contributed by atoms with Gasteiger partial charge in [0.25, 0.3) is 0 Å². The molecule has 1 aromatic heterocycles. The van der Waals surface area contributed by atoms with Gasteiger partial charge in [-0.15, -0.1) is 5.10 Å². The van der Waals surface area contributed by atoms with Gasteiger partial charge in [0.1, 0.15) is 5.69 Å². The fourth-order valence-corrected chi connectivity index (χ4v) is 5.06. The largest absolute Gasteiger partial charge is 0.247 e. The van der Waals surface area contributed by atoms with Gasteiger partial charge in [0.2, 0.25) is 10.0 Å². The highest BCUT2D eigenvalue weighted by atomic mass is 35.5. The van der Waals surface area contributed by atoms with E-state index in [1.54, 1.807) is 16.8 Å². The zero-order chi connectivity index (χ0) is 19.6. The van der Waals surface area contributed by atoms with Crippen LogP contribution in [-0.2, 0) is 10.0 Å². The van der Waals surface area contributed by atoms with E-state index in [2.05, 4.69) is 15.0 Å². The van der Waals surface area contributed by atoms with Crippen molar-refractivity contribution in [2.45, 2.75) is 42.7 Å². The highest BCUT2D eigenvalue weighted by Gasteiger charge is 2.31. The van der Waals surface area contributed by atoms with E-state index >= 15 is 0 Å². The molecule has 146 valence electrons. The van der Waals surface area contributed by atoms with Crippen molar-refractivity contribution >= 4 is 21.6 Å². The van der Waals surface area contributed by atoms with Gasteiger partial charge in [-0.3, -0.25) is 0 Å². The molecule has 1 heterocycles. The molecule has 0 spiro atoms. The van der Waals surface area contributed by atoms with Crippen LogP contribution in [0.2, 0.25) is 5.02 Å². The molecule has 0 bridgehead atoms. The van der Waals surface area contributed by atoms with E-state index in [1.807, 2.05) is 36.5 Å². The Kier molecular flexibility index (Phi) is 5.48. The zero-order valence-corrected chi connectivity index (χ0v) is 16.8. The number of hydrogen-bond donors (Lipinski definition) is 1. The third-order valence-corrected chi connectivity index (χ3v) is 6.84. The average Bonchev–Trinajstić information content (AvgIpc) is 3.19. The van der Waals surface area contributed by atoms with Crippen molar-refractivity contribution in [1.82, 2.24) is 19.7 Å². The van der Waals surface area contributed by atoms with E-state index in [0.29, 0.717) is 5.02 Å². The molecule has 28 heavy (non-hydrogen) atoms. The van der Waals surface area contributed by atoms with Crippen LogP contribution in [0.4, 0.5) is 0 Å². The van der Waals surface area contributed by atoms with Crippen LogP contribution in [0.15, 0.2) is 65.7 Å². The first-order chi connectivity index (χ1) is 13.5. The normalized spacial score (nSPS) is 20.2. The third kappa shape index (κ3) is 4.11. The van der Waals surface area contributed by atoms with Crippen LogP contribution in [0.1, 0.15) is 31.7 Å². The SMILES string of the molecule is O=S(=O)(N[C@H]1CCCC[C@H]1n1cc(-c2ccccc2)nn1)c1ccc(Cl)cc1. The Balaban J connectivity index is 1.57. The number of benzene rings is 2. The maximum atomic E-state index is 12.8. The van der Waals surface area contributed by atoms with Crippen molar-refractivity contribution < 1.29 is 8.42 Å². The minimum Gasteiger partial charge on any atom is -0.247 e. The summed E-state index contributed by atoms with van der Waals surface area (Å²) in [6.07, 6.45) is 5.52. The van der Waals surface area contributed by atoms with E-state index in [9.17, 15) is 8.42 Å². The molecule has 0 unspecified atom stereocenters. The maximum Gasteiger partial charge on any atom is 0.240 e. The summed E-state index contributed by atoms with van der Waals surface area (Å²) in [4.78, 5) is 0.213. The number of nitrogens with one attached hydrogen (secondary N) is 1. The van der Waals surface area contributed by atoms with Gasteiger partial charge in [-0.05, 0) is 37.1 Å². The zero-order valence-electron chi connectivity index (χ0n) is 15.2. The first-order valence-corrected chi connectivity index (χ1v) is 11.1. The number of rotatable bonds is 5. The topological polar surface area (TPSA) is 76.9 Å². The van der Waals surface area contributed by atoms with Crippen molar-refractivity contribution in [3.8, 4) is 11.3 Å². The first-order valence-electron chi connectivity index (χ1n) is 9.28. The molecule has 4 rings (SSSR count). The van der Waals surface area contributed by atoms with Gasteiger partial charge in [0.15, 0.2) is 0 Å². The van der Waals surface area contributed by atoms with Crippen LogP contribution in [0.5, 0.6) is 0 Å². The van der Waals surface area contributed by atoms with E-state index < -0.39 is 10.0 Å². The minimum absolute atomic E-state index is 0.0687. The summed E-state index contributed by atoms with van der Waals surface area (Å²) in [6.45, 7) is 0. The highest BCUT2D eigenvalue weighted by Crippen LogP contribution is 2.30. The molecule has 1 aliphatic carbocycles. The lowest BCUT2D eigenvalue weighted by atomic mass is 9.91. The number of halogens is 1. The Labute approximate surface area is 169 Å². The van der Waals surface area contributed by atoms with Gasteiger partial charge < -0.3 is 0 Å². The van der Waals surface area contributed by atoms with E-state index in [1.165, 1.54) is 12.1 Å². The van der Waals surface area contributed by atoms with Crippen molar-refractivity contribution in [3.05, 3.63) is 65.8 Å². The van der Waals surface area contributed by atoms with Crippen LogP contribution in [0, 0.1) is 0 Å². The molecule has 2 aromatic carbocycles. The van der Waals surface area contributed by atoms with Gasteiger partial charge in [0, 0.05) is 16.6 Å². The summed E-state index contributed by atoms with van der Waals surface area (Å²) in [6, 6.07) is 15.7. The molecule has 1 saturated carbocycles. The van der Waals surface area contributed by atoms with Crippen LogP contribution < -0.4 is 4.72 Å². The lowest BCUT2D eigenvalue weighted by molar-refractivity contribution is 0.267. The van der Waals surface area contributed by atoms with Crippen molar-refractivity contribution in [3.63, 3.8) is 0 Å². The third-order valence-electron chi connectivity index (χ3n) is 5.08. The number of hydrogen-bond acceptors (Lipinski definition) is 4. The Morgan fingerprint density at radius 2 is 1.71 bits per heavy atom. The molecule has 6 nitrogen and oxygen atoms in total. The number of aromatic nitrogens is 3. The summed E-state index contributed by atoms with van der Waals surface area (Å²) in [5.74, 6) is 0. The lowest BCUT2D eigenvalue weighted by Gasteiger charge is -2.31. The molecule has 8 heteroatoms. The number of nitrogens with zero attached hydrogens (tertiary/aromatic N) is 3. The summed E-state index contributed by atoms with van der Waals surface area (Å²) in [5.41, 5.74) is 1.77. The molecule has 0 radical (unpaired) electrons. The van der Waals surface area contributed by atoms with Crippen LogP contribution >= 0.6 is 11.6 Å². The monoisotopic (exact) mass is 416 g/mol. The molecule has 2 atom stereocenters. The van der Waals surface area contributed by atoms with Gasteiger partial charge in [0.05, 0.1) is 17.1 Å². The highest BCUT2D eigenvalue weighted by molar-refractivity contribution is 7.89. The molecular weight excluding hydrogens is 396 g/mol. The molecule has 3 aromatic rings. The molecule has 0 aliphatic heterocycles. The molecule has 0 amide bonds. The Morgan fingerprint density at radius 1 is 1.00 bits per heavy atom. The Hall–Kier alpha value is -2.22. The average molecular weight is 417 g/mol. The minimum atomic E-state index is -3.63. The predicted molar refractivity (Wildman–Crippen MR) is 109 cm³/mol. The van der Waals surface area contributed by atoms with Gasteiger partial charge in [-0.2, -0.15) is 0 Å². The fourth-order valence-electron chi connectivity index (χ4n) is 3.63. The molecular formula is C20H21ClN4O2S. The molecule has 0 saturated heterocycles. The summed E-state index contributed by atoms with van der Waals surface area (Å²) in [5, 5.41) is 9.08. The smallest absolute Gasteiger partial charge is 0.240 e. The van der Waals surface area contributed by atoms with Crippen LogP contribution in [0.25, 0.3) is 11.3 Å². The van der Waals surface area contributed by atoms with E-state index in [0.717, 1.165) is 36.9 Å².